The number of alkyl halides is 3. The number of benzene rings is 1. The summed E-state index contributed by atoms with van der Waals surface area (Å²) in [6.07, 6.45) is -2.04. The Morgan fingerprint density at radius 2 is 1.80 bits per heavy atom. The molecule has 1 unspecified atom stereocenters. The second-order valence-electron chi connectivity index (χ2n) is 7.32. The van der Waals surface area contributed by atoms with Crippen LogP contribution in [-0.2, 0) is 6.18 Å². The van der Waals surface area contributed by atoms with E-state index in [-0.39, 0.29) is 5.65 Å². The molecule has 1 atom stereocenters. The molecule has 0 fully saturated rings. The van der Waals surface area contributed by atoms with Crippen LogP contribution in [0.15, 0.2) is 36.5 Å². The van der Waals surface area contributed by atoms with E-state index >= 15 is 0 Å². The fourth-order valence-corrected chi connectivity index (χ4v) is 3.37. The maximum Gasteiger partial charge on any atom is 0.435 e. The van der Waals surface area contributed by atoms with Gasteiger partial charge in [0.15, 0.2) is 11.3 Å². The lowest BCUT2D eigenvalue weighted by atomic mass is 10.00. The summed E-state index contributed by atoms with van der Waals surface area (Å²) in [5, 5.41) is 4.05. The van der Waals surface area contributed by atoms with Crippen molar-refractivity contribution in [1.29, 1.82) is 0 Å². The van der Waals surface area contributed by atoms with E-state index in [0.29, 0.717) is 40.5 Å². The SMILES string of the molecule is CC.CC(C)CC(C)COc1ccc(-c2ccnc3cc(C(F)(F)F)nn23)cc1Cl. The van der Waals surface area contributed by atoms with Gasteiger partial charge in [0.2, 0.25) is 0 Å². The van der Waals surface area contributed by atoms with Crippen LogP contribution in [0.5, 0.6) is 5.75 Å². The van der Waals surface area contributed by atoms with Crippen LogP contribution in [0.2, 0.25) is 5.02 Å². The van der Waals surface area contributed by atoms with Crippen molar-refractivity contribution in [2.75, 3.05) is 6.61 Å². The molecular formula is C22H27ClF3N3O. The third-order valence-corrected chi connectivity index (χ3v) is 4.57. The van der Waals surface area contributed by atoms with Crippen LogP contribution in [0, 0.1) is 11.8 Å². The molecule has 0 aliphatic heterocycles. The van der Waals surface area contributed by atoms with Crippen LogP contribution >= 0.6 is 11.6 Å². The van der Waals surface area contributed by atoms with Gasteiger partial charge in [0, 0.05) is 17.8 Å². The van der Waals surface area contributed by atoms with Gasteiger partial charge in [-0.1, -0.05) is 46.2 Å². The summed E-state index contributed by atoms with van der Waals surface area (Å²) in [6.45, 7) is 11.0. The molecule has 164 valence electrons. The maximum atomic E-state index is 13.0. The summed E-state index contributed by atoms with van der Waals surface area (Å²) in [5.74, 6) is 1.52. The lowest BCUT2D eigenvalue weighted by Crippen LogP contribution is -2.11. The number of hydrogen-bond donors (Lipinski definition) is 0. The molecule has 8 heteroatoms. The van der Waals surface area contributed by atoms with Gasteiger partial charge >= 0.3 is 6.18 Å². The van der Waals surface area contributed by atoms with Crippen molar-refractivity contribution in [3.05, 3.63) is 47.2 Å². The second kappa shape index (κ2) is 10.2. The minimum absolute atomic E-state index is 0.115. The van der Waals surface area contributed by atoms with Crippen molar-refractivity contribution >= 4 is 17.2 Å². The quantitative estimate of drug-likeness (QED) is 0.407. The van der Waals surface area contributed by atoms with E-state index in [9.17, 15) is 13.2 Å². The molecule has 30 heavy (non-hydrogen) atoms. The van der Waals surface area contributed by atoms with Gasteiger partial charge in [-0.2, -0.15) is 18.3 Å². The zero-order valence-corrected chi connectivity index (χ0v) is 18.6. The van der Waals surface area contributed by atoms with Gasteiger partial charge in [-0.25, -0.2) is 9.50 Å². The summed E-state index contributed by atoms with van der Waals surface area (Å²) < 4.78 is 45.9. The lowest BCUT2D eigenvalue weighted by molar-refractivity contribution is -0.141. The number of fused-ring (bicyclic) bond motifs is 1. The molecule has 3 rings (SSSR count). The zero-order valence-electron chi connectivity index (χ0n) is 17.8. The summed E-state index contributed by atoms with van der Waals surface area (Å²) in [5.41, 5.74) is 0.209. The number of ether oxygens (including phenoxy) is 1. The summed E-state index contributed by atoms with van der Waals surface area (Å²) in [7, 11) is 0. The molecule has 4 nitrogen and oxygen atoms in total. The third-order valence-electron chi connectivity index (χ3n) is 4.27. The first-order valence-corrected chi connectivity index (χ1v) is 10.4. The van der Waals surface area contributed by atoms with E-state index in [2.05, 4.69) is 30.9 Å². The fraction of sp³-hybridized carbons (Fsp3) is 0.455. The number of rotatable bonds is 6. The highest BCUT2D eigenvalue weighted by Crippen LogP contribution is 2.33. The Bertz CT molecular complexity index is 970. The maximum absolute atomic E-state index is 13.0. The van der Waals surface area contributed by atoms with Gasteiger partial charge in [0.05, 0.1) is 17.3 Å². The predicted molar refractivity (Wildman–Crippen MR) is 114 cm³/mol. The van der Waals surface area contributed by atoms with Gasteiger partial charge in [-0.15, -0.1) is 0 Å². The van der Waals surface area contributed by atoms with Gasteiger partial charge in [0.1, 0.15) is 5.75 Å². The van der Waals surface area contributed by atoms with Crippen molar-refractivity contribution in [2.24, 2.45) is 11.8 Å². The molecule has 0 amide bonds. The Balaban J connectivity index is 0.00000155. The molecule has 0 radical (unpaired) electrons. The van der Waals surface area contributed by atoms with Gasteiger partial charge < -0.3 is 4.74 Å². The van der Waals surface area contributed by atoms with E-state index in [1.165, 1.54) is 10.7 Å². The highest BCUT2D eigenvalue weighted by atomic mass is 35.5. The normalized spacial score (nSPS) is 12.6. The lowest BCUT2D eigenvalue weighted by Gasteiger charge is -2.16. The molecule has 0 aliphatic carbocycles. The number of halogens is 4. The van der Waals surface area contributed by atoms with Crippen molar-refractivity contribution in [1.82, 2.24) is 14.6 Å². The van der Waals surface area contributed by atoms with Crippen LogP contribution < -0.4 is 4.74 Å². The standard InChI is InChI=1S/C20H21ClF3N3O.C2H6/c1-12(2)8-13(3)11-28-17-5-4-14(9-15(17)21)16-6-7-25-19-10-18(20(22,23)24)26-27(16)19;1-2/h4-7,9-10,12-13H,8,11H2,1-3H3;1-2H3. The fourth-order valence-electron chi connectivity index (χ4n) is 3.13. The summed E-state index contributed by atoms with van der Waals surface area (Å²) >= 11 is 6.35. The number of hydrogen-bond acceptors (Lipinski definition) is 3. The molecule has 0 bridgehead atoms. The van der Waals surface area contributed by atoms with E-state index in [0.717, 1.165) is 12.5 Å². The van der Waals surface area contributed by atoms with Crippen molar-refractivity contribution < 1.29 is 17.9 Å². The van der Waals surface area contributed by atoms with Crippen LogP contribution in [0.4, 0.5) is 13.2 Å². The average Bonchev–Trinajstić information content (AvgIpc) is 3.13. The van der Waals surface area contributed by atoms with Crippen LogP contribution in [0.1, 0.15) is 46.7 Å². The first-order chi connectivity index (χ1) is 14.1. The minimum atomic E-state index is -4.53. The van der Waals surface area contributed by atoms with Gasteiger partial charge in [0.25, 0.3) is 0 Å². The Kier molecular flexibility index (Phi) is 8.12. The van der Waals surface area contributed by atoms with Gasteiger partial charge in [-0.05, 0) is 42.5 Å². The first-order valence-electron chi connectivity index (χ1n) is 10.00. The Labute approximate surface area is 180 Å². The monoisotopic (exact) mass is 441 g/mol. The molecule has 0 aliphatic rings. The topological polar surface area (TPSA) is 39.4 Å². The van der Waals surface area contributed by atoms with E-state index < -0.39 is 11.9 Å². The van der Waals surface area contributed by atoms with E-state index in [1.54, 1.807) is 24.3 Å². The minimum Gasteiger partial charge on any atom is -0.492 e. The number of aromatic nitrogens is 3. The smallest absolute Gasteiger partial charge is 0.435 e. The van der Waals surface area contributed by atoms with E-state index in [4.69, 9.17) is 16.3 Å². The average molecular weight is 442 g/mol. The third kappa shape index (κ3) is 5.88. The van der Waals surface area contributed by atoms with Crippen LogP contribution in [0.25, 0.3) is 16.9 Å². The largest absolute Gasteiger partial charge is 0.492 e. The van der Waals surface area contributed by atoms with E-state index in [1.807, 2.05) is 13.8 Å². The van der Waals surface area contributed by atoms with Gasteiger partial charge in [-0.3, -0.25) is 0 Å². The number of nitrogens with zero attached hydrogens (tertiary/aromatic N) is 3. The highest BCUT2D eigenvalue weighted by Gasteiger charge is 2.34. The Morgan fingerprint density at radius 3 is 2.40 bits per heavy atom. The summed E-state index contributed by atoms with van der Waals surface area (Å²) in [6, 6.07) is 7.64. The highest BCUT2D eigenvalue weighted by molar-refractivity contribution is 6.32. The van der Waals surface area contributed by atoms with Crippen molar-refractivity contribution in [2.45, 2.75) is 47.2 Å². The Morgan fingerprint density at radius 1 is 1.10 bits per heavy atom. The molecule has 0 N–H and O–H groups in total. The molecule has 3 aromatic rings. The molecule has 2 heterocycles. The van der Waals surface area contributed by atoms with Crippen LogP contribution in [0.3, 0.4) is 0 Å². The van der Waals surface area contributed by atoms with Crippen LogP contribution in [-0.4, -0.2) is 21.2 Å². The molecule has 2 aromatic heterocycles. The Hall–Kier alpha value is -2.28. The molecule has 0 saturated heterocycles. The van der Waals surface area contributed by atoms with Crippen molar-refractivity contribution in [3.63, 3.8) is 0 Å². The summed E-state index contributed by atoms with van der Waals surface area (Å²) in [4.78, 5) is 3.96. The molecule has 0 spiro atoms. The second-order valence-corrected chi connectivity index (χ2v) is 7.73. The predicted octanol–water partition coefficient (Wildman–Crippen LogP) is 7.16. The zero-order chi connectivity index (χ0) is 22.5. The molecular weight excluding hydrogens is 415 g/mol. The van der Waals surface area contributed by atoms with Crippen molar-refractivity contribution in [3.8, 4) is 17.0 Å². The first kappa shape index (κ1) is 24.0. The molecule has 1 aromatic carbocycles. The molecule has 0 saturated carbocycles.